The van der Waals surface area contributed by atoms with Gasteiger partial charge in [-0.25, -0.2) is 0 Å². The molecule has 2 aromatic carbocycles. The van der Waals surface area contributed by atoms with Crippen LogP contribution in [0.2, 0.25) is 0 Å². The second-order valence-electron chi connectivity index (χ2n) is 6.09. The van der Waals surface area contributed by atoms with Gasteiger partial charge in [0.15, 0.2) is 11.5 Å². The van der Waals surface area contributed by atoms with Crippen LogP contribution in [0.5, 0.6) is 11.5 Å². The summed E-state index contributed by atoms with van der Waals surface area (Å²) in [7, 11) is 3.20. The lowest BCUT2D eigenvalue weighted by Gasteiger charge is -2.12. The number of fused-ring (bicyclic) bond motifs is 1. The number of benzene rings is 2. The van der Waals surface area contributed by atoms with E-state index >= 15 is 0 Å². The molecule has 0 fully saturated rings. The first-order valence-corrected chi connectivity index (χ1v) is 8.11. The van der Waals surface area contributed by atoms with Crippen LogP contribution in [0.3, 0.4) is 0 Å². The van der Waals surface area contributed by atoms with E-state index in [1.165, 1.54) is 0 Å². The fourth-order valence-corrected chi connectivity index (χ4v) is 2.99. The van der Waals surface area contributed by atoms with E-state index in [-0.39, 0.29) is 5.56 Å². The molecule has 0 unspecified atom stereocenters. The van der Waals surface area contributed by atoms with Gasteiger partial charge < -0.3 is 19.8 Å². The van der Waals surface area contributed by atoms with Crippen molar-refractivity contribution in [1.82, 2.24) is 4.98 Å². The van der Waals surface area contributed by atoms with Crippen LogP contribution in [0.15, 0.2) is 41.2 Å². The van der Waals surface area contributed by atoms with Crippen molar-refractivity contribution in [3.8, 4) is 11.5 Å². The molecule has 5 heteroatoms. The summed E-state index contributed by atoms with van der Waals surface area (Å²) in [5.41, 5.74) is 4.63. The van der Waals surface area contributed by atoms with Gasteiger partial charge in [-0.15, -0.1) is 0 Å². The Morgan fingerprint density at radius 3 is 2.48 bits per heavy atom. The maximum Gasteiger partial charge on any atom is 0.253 e. The molecule has 0 aliphatic heterocycles. The van der Waals surface area contributed by atoms with E-state index < -0.39 is 0 Å². The monoisotopic (exact) mass is 338 g/mol. The number of hydrogen-bond donors (Lipinski definition) is 2. The van der Waals surface area contributed by atoms with Crippen molar-refractivity contribution in [1.29, 1.82) is 0 Å². The fraction of sp³-hybridized carbons (Fsp3) is 0.250. The van der Waals surface area contributed by atoms with Crippen molar-refractivity contribution in [2.75, 3.05) is 19.5 Å². The van der Waals surface area contributed by atoms with Crippen molar-refractivity contribution in [2.24, 2.45) is 0 Å². The summed E-state index contributed by atoms with van der Waals surface area (Å²) in [5.74, 6) is 1.31. The number of pyridine rings is 1. The Kier molecular flexibility index (Phi) is 4.65. The third kappa shape index (κ3) is 3.45. The lowest BCUT2D eigenvalue weighted by atomic mass is 10.0. The zero-order valence-corrected chi connectivity index (χ0v) is 14.9. The van der Waals surface area contributed by atoms with Crippen LogP contribution < -0.4 is 20.3 Å². The molecule has 0 aliphatic carbocycles. The van der Waals surface area contributed by atoms with E-state index in [0.717, 1.165) is 27.7 Å². The van der Waals surface area contributed by atoms with Crippen LogP contribution in [-0.2, 0) is 6.54 Å². The number of nitrogens with one attached hydrogen (secondary N) is 2. The molecule has 1 heterocycles. The Bertz CT molecular complexity index is 977. The van der Waals surface area contributed by atoms with E-state index in [1.807, 2.05) is 37.3 Å². The average molecular weight is 338 g/mol. The zero-order valence-electron chi connectivity index (χ0n) is 14.9. The van der Waals surface area contributed by atoms with Crippen LogP contribution in [-0.4, -0.2) is 19.2 Å². The molecule has 0 saturated carbocycles. The molecule has 5 nitrogen and oxygen atoms in total. The number of aryl methyl sites for hydroxylation is 2. The predicted octanol–water partition coefficient (Wildman–Crippen LogP) is 3.77. The average Bonchev–Trinajstić information content (AvgIpc) is 2.59. The number of aromatic amines is 1. The van der Waals surface area contributed by atoms with Gasteiger partial charge in [-0.2, -0.15) is 0 Å². The molecule has 0 radical (unpaired) electrons. The quantitative estimate of drug-likeness (QED) is 0.743. The number of rotatable bonds is 5. The van der Waals surface area contributed by atoms with E-state index in [4.69, 9.17) is 9.47 Å². The van der Waals surface area contributed by atoms with Gasteiger partial charge in [-0.05, 0) is 49.2 Å². The number of ether oxygens (including phenoxy) is 2. The van der Waals surface area contributed by atoms with Crippen LogP contribution in [0, 0.1) is 13.8 Å². The third-order valence-electron chi connectivity index (χ3n) is 4.26. The van der Waals surface area contributed by atoms with Gasteiger partial charge >= 0.3 is 0 Å². The van der Waals surface area contributed by atoms with E-state index in [1.54, 1.807) is 14.2 Å². The van der Waals surface area contributed by atoms with E-state index in [9.17, 15) is 4.79 Å². The molecule has 2 N–H and O–H groups in total. The van der Waals surface area contributed by atoms with Crippen LogP contribution in [0.1, 0.15) is 16.7 Å². The highest BCUT2D eigenvalue weighted by atomic mass is 16.5. The van der Waals surface area contributed by atoms with E-state index in [2.05, 4.69) is 23.3 Å². The highest BCUT2D eigenvalue weighted by Gasteiger charge is 2.08. The smallest absolute Gasteiger partial charge is 0.253 e. The Morgan fingerprint density at radius 1 is 1.00 bits per heavy atom. The Labute approximate surface area is 146 Å². The number of anilines is 1. The lowest BCUT2D eigenvalue weighted by Crippen LogP contribution is -2.16. The molecule has 0 amide bonds. The molecule has 0 bridgehead atoms. The van der Waals surface area contributed by atoms with Gasteiger partial charge in [0.25, 0.3) is 5.56 Å². The molecule has 0 spiro atoms. The van der Waals surface area contributed by atoms with Gasteiger partial charge in [-0.1, -0.05) is 6.07 Å². The fourth-order valence-electron chi connectivity index (χ4n) is 2.99. The van der Waals surface area contributed by atoms with Crippen LogP contribution in [0.25, 0.3) is 10.9 Å². The molecular weight excluding hydrogens is 316 g/mol. The topological polar surface area (TPSA) is 63.3 Å². The molecular formula is C20H22N2O3. The van der Waals surface area contributed by atoms with Crippen molar-refractivity contribution < 1.29 is 9.47 Å². The van der Waals surface area contributed by atoms with Crippen LogP contribution in [0.4, 0.5) is 5.69 Å². The predicted molar refractivity (Wildman–Crippen MR) is 101 cm³/mol. The Balaban J connectivity index is 1.88. The Morgan fingerprint density at radius 2 is 1.76 bits per heavy atom. The Hall–Kier alpha value is -2.95. The first kappa shape index (κ1) is 16.9. The molecule has 25 heavy (non-hydrogen) atoms. The van der Waals surface area contributed by atoms with Gasteiger partial charge in [0.05, 0.1) is 14.2 Å². The largest absolute Gasteiger partial charge is 0.493 e. The molecule has 0 aliphatic rings. The molecule has 130 valence electrons. The zero-order chi connectivity index (χ0) is 18.0. The summed E-state index contributed by atoms with van der Waals surface area (Å²) in [5, 5.41) is 4.33. The van der Waals surface area contributed by atoms with Crippen molar-refractivity contribution >= 4 is 16.6 Å². The summed E-state index contributed by atoms with van der Waals surface area (Å²) < 4.78 is 10.5. The molecule has 1 aromatic heterocycles. The SMILES string of the molecule is COc1ccc(NCc2cc3c(C)cc(C)cc3[nH]c2=O)cc1OC. The lowest BCUT2D eigenvalue weighted by molar-refractivity contribution is 0.355. The summed E-state index contributed by atoms with van der Waals surface area (Å²) in [6, 6.07) is 11.6. The van der Waals surface area contributed by atoms with E-state index in [0.29, 0.717) is 23.6 Å². The minimum absolute atomic E-state index is 0.0783. The molecule has 0 atom stereocenters. The first-order valence-electron chi connectivity index (χ1n) is 8.11. The third-order valence-corrected chi connectivity index (χ3v) is 4.26. The number of hydrogen-bond acceptors (Lipinski definition) is 4. The summed E-state index contributed by atoms with van der Waals surface area (Å²) >= 11 is 0. The van der Waals surface area contributed by atoms with Gasteiger partial charge in [0.2, 0.25) is 0 Å². The van der Waals surface area contributed by atoms with Crippen molar-refractivity contribution in [3.63, 3.8) is 0 Å². The summed E-state index contributed by atoms with van der Waals surface area (Å²) in [6.45, 7) is 4.50. The number of H-pyrrole nitrogens is 1. The second-order valence-corrected chi connectivity index (χ2v) is 6.09. The van der Waals surface area contributed by atoms with Gasteiger partial charge in [-0.3, -0.25) is 4.79 Å². The van der Waals surface area contributed by atoms with Crippen molar-refractivity contribution in [2.45, 2.75) is 20.4 Å². The van der Waals surface area contributed by atoms with Crippen LogP contribution >= 0.6 is 0 Å². The summed E-state index contributed by atoms with van der Waals surface area (Å²) in [6.07, 6.45) is 0. The maximum atomic E-state index is 12.4. The first-order chi connectivity index (χ1) is 12.0. The minimum Gasteiger partial charge on any atom is -0.493 e. The summed E-state index contributed by atoms with van der Waals surface area (Å²) in [4.78, 5) is 15.3. The molecule has 3 aromatic rings. The molecule has 0 saturated heterocycles. The number of aromatic nitrogens is 1. The van der Waals surface area contributed by atoms with Crippen molar-refractivity contribution in [3.05, 3.63) is 63.4 Å². The van der Waals surface area contributed by atoms with Gasteiger partial charge in [0.1, 0.15) is 0 Å². The second kappa shape index (κ2) is 6.89. The van der Waals surface area contributed by atoms with Gasteiger partial charge in [0, 0.05) is 34.8 Å². The molecule has 3 rings (SSSR count). The number of methoxy groups -OCH3 is 2. The standard InChI is InChI=1S/C20H22N2O3/c1-12-7-13(2)16-9-14(20(23)22-17(16)8-12)11-21-15-5-6-18(24-3)19(10-15)25-4/h5-10,21H,11H2,1-4H3,(H,22,23). The highest BCUT2D eigenvalue weighted by molar-refractivity contribution is 5.83. The minimum atomic E-state index is -0.0783. The maximum absolute atomic E-state index is 12.4. The highest BCUT2D eigenvalue weighted by Crippen LogP contribution is 2.30. The normalized spacial score (nSPS) is 10.7.